The molecule has 0 radical (unpaired) electrons. The van der Waals surface area contributed by atoms with Crippen molar-refractivity contribution < 1.29 is 0 Å². The Hall–Kier alpha value is -2.05. The van der Waals surface area contributed by atoms with Crippen LogP contribution in [-0.4, -0.2) is 0 Å². The molecule has 0 saturated carbocycles. The minimum absolute atomic E-state index is 0.765. The molecule has 0 fully saturated rings. The molecule has 0 N–H and O–H groups in total. The van der Waals surface area contributed by atoms with Gasteiger partial charge in [0, 0.05) is 5.02 Å². The molecule has 0 bridgehead atoms. The molecule has 0 amide bonds. The Morgan fingerprint density at radius 2 is 1.43 bits per heavy atom. The zero-order chi connectivity index (χ0) is 15.0. The van der Waals surface area contributed by atoms with Gasteiger partial charge in [-0.25, -0.2) is 0 Å². The van der Waals surface area contributed by atoms with Gasteiger partial charge < -0.3 is 0 Å². The number of halogens is 1. The van der Waals surface area contributed by atoms with Crippen molar-refractivity contribution in [2.24, 2.45) is 0 Å². The maximum absolute atomic E-state index is 5.96. The molecule has 21 heavy (non-hydrogen) atoms. The van der Waals surface area contributed by atoms with E-state index in [9.17, 15) is 0 Å². The van der Waals surface area contributed by atoms with E-state index in [0.29, 0.717) is 0 Å². The molecule has 3 rings (SSSR count). The molecule has 1 heteroatoms. The van der Waals surface area contributed by atoms with Crippen LogP contribution < -0.4 is 10.4 Å². The Balaban J connectivity index is 2.21. The first-order chi connectivity index (χ1) is 10.1. The van der Waals surface area contributed by atoms with Gasteiger partial charge >= 0.3 is 0 Å². The molecule has 0 heterocycles. The fraction of sp³-hybridized carbons (Fsp3) is 0.100. The third-order valence-corrected chi connectivity index (χ3v) is 4.39. The average molecular weight is 293 g/mol. The van der Waals surface area contributed by atoms with Gasteiger partial charge in [-0.2, -0.15) is 0 Å². The van der Waals surface area contributed by atoms with E-state index in [4.69, 9.17) is 11.6 Å². The molecule has 0 aliphatic heterocycles. The fourth-order valence-corrected chi connectivity index (χ4v) is 2.95. The molecule has 0 aromatic heterocycles. The Morgan fingerprint density at radius 3 is 2.05 bits per heavy atom. The molecule has 0 nitrogen and oxygen atoms in total. The van der Waals surface area contributed by atoms with E-state index in [2.05, 4.69) is 56.5 Å². The molecular formula is C20H17Cl. The molecule has 3 aromatic rings. The van der Waals surface area contributed by atoms with Crippen molar-refractivity contribution in [3.8, 4) is 0 Å². The molecule has 3 aromatic carbocycles. The number of rotatable bonds is 2. The summed E-state index contributed by atoms with van der Waals surface area (Å²) in [6.07, 6.45) is 0.856. The van der Waals surface area contributed by atoms with E-state index in [1.807, 2.05) is 12.1 Å². The van der Waals surface area contributed by atoms with Crippen LogP contribution in [0.4, 0.5) is 0 Å². The Kier molecular flexibility index (Phi) is 3.57. The maximum atomic E-state index is 5.96. The highest BCUT2D eigenvalue weighted by molar-refractivity contribution is 6.30. The molecule has 0 unspecified atom stereocenters. The van der Waals surface area contributed by atoms with Crippen LogP contribution in [0.15, 0.2) is 48.5 Å². The first-order valence-corrected chi connectivity index (χ1v) is 7.38. The van der Waals surface area contributed by atoms with Gasteiger partial charge in [0.2, 0.25) is 0 Å². The molecule has 0 spiro atoms. The summed E-state index contributed by atoms with van der Waals surface area (Å²) in [4.78, 5) is 0. The second-order valence-corrected chi connectivity index (χ2v) is 5.85. The van der Waals surface area contributed by atoms with Crippen molar-refractivity contribution >= 4 is 35.5 Å². The van der Waals surface area contributed by atoms with Crippen LogP contribution in [0.5, 0.6) is 0 Å². The minimum Gasteiger partial charge on any atom is -0.0909 e. The van der Waals surface area contributed by atoms with E-state index >= 15 is 0 Å². The molecule has 104 valence electrons. The number of fused-ring (bicyclic) bond motifs is 1. The van der Waals surface area contributed by atoms with Crippen LogP contribution in [0.25, 0.3) is 23.9 Å². The Bertz CT molecular complexity index is 905. The van der Waals surface area contributed by atoms with Crippen molar-refractivity contribution in [1.82, 2.24) is 0 Å². The molecule has 0 aliphatic carbocycles. The Morgan fingerprint density at radius 1 is 0.857 bits per heavy atom. The van der Waals surface area contributed by atoms with Gasteiger partial charge in [-0.05, 0) is 63.4 Å². The summed E-state index contributed by atoms with van der Waals surface area (Å²) in [5.41, 5.74) is 3.73. The van der Waals surface area contributed by atoms with Gasteiger partial charge in [-0.1, -0.05) is 61.2 Å². The zero-order valence-electron chi connectivity index (χ0n) is 12.1. The fourth-order valence-electron chi connectivity index (χ4n) is 2.83. The van der Waals surface area contributed by atoms with Gasteiger partial charge in [-0.3, -0.25) is 0 Å². The Labute approximate surface area is 130 Å². The van der Waals surface area contributed by atoms with Crippen LogP contribution in [0.2, 0.25) is 5.02 Å². The summed E-state index contributed by atoms with van der Waals surface area (Å²) in [7, 11) is 0. The summed E-state index contributed by atoms with van der Waals surface area (Å²) in [6.45, 7) is 10.7. The van der Waals surface area contributed by atoms with Gasteiger partial charge in [0.15, 0.2) is 0 Å². The normalized spacial score (nSPS) is 11.0. The quantitative estimate of drug-likeness (QED) is 0.664. The van der Waals surface area contributed by atoms with Crippen molar-refractivity contribution in [1.29, 1.82) is 0 Å². The first-order valence-electron chi connectivity index (χ1n) is 7.00. The predicted octanol–water partition coefficient (Wildman–Crippen LogP) is 4.21. The summed E-state index contributed by atoms with van der Waals surface area (Å²) >= 11 is 5.96. The molecular weight excluding hydrogens is 276 g/mol. The SMILES string of the molecule is C=c1c(C)c(Cc2ccc(Cl)cc2)c(=C)c2ccccc12. The van der Waals surface area contributed by atoms with Gasteiger partial charge in [0.1, 0.15) is 0 Å². The first kappa shape index (κ1) is 13.9. The van der Waals surface area contributed by atoms with Crippen LogP contribution in [0, 0.1) is 6.92 Å². The second kappa shape index (κ2) is 5.38. The van der Waals surface area contributed by atoms with Crippen molar-refractivity contribution in [2.75, 3.05) is 0 Å². The second-order valence-electron chi connectivity index (χ2n) is 5.41. The number of hydrogen-bond donors (Lipinski definition) is 0. The van der Waals surface area contributed by atoms with Crippen LogP contribution in [-0.2, 0) is 6.42 Å². The predicted molar refractivity (Wildman–Crippen MR) is 93.2 cm³/mol. The lowest BCUT2D eigenvalue weighted by atomic mass is 9.93. The largest absolute Gasteiger partial charge is 0.0909 e. The zero-order valence-corrected chi connectivity index (χ0v) is 12.9. The summed E-state index contributed by atoms with van der Waals surface area (Å²) in [5.74, 6) is 0. The monoisotopic (exact) mass is 292 g/mol. The van der Waals surface area contributed by atoms with E-state index < -0.39 is 0 Å². The van der Waals surface area contributed by atoms with Crippen molar-refractivity contribution in [3.05, 3.63) is 80.7 Å². The lowest BCUT2D eigenvalue weighted by molar-refractivity contribution is 1.14. The summed E-state index contributed by atoms with van der Waals surface area (Å²) in [5, 5.41) is 5.35. The maximum Gasteiger partial charge on any atom is 0.0406 e. The average Bonchev–Trinajstić information content (AvgIpc) is 2.51. The smallest absolute Gasteiger partial charge is 0.0406 e. The number of benzene rings is 3. The van der Waals surface area contributed by atoms with Crippen LogP contribution in [0.3, 0.4) is 0 Å². The van der Waals surface area contributed by atoms with Crippen LogP contribution >= 0.6 is 11.6 Å². The van der Waals surface area contributed by atoms with Gasteiger partial charge in [-0.15, -0.1) is 0 Å². The van der Waals surface area contributed by atoms with E-state index in [-0.39, 0.29) is 0 Å². The van der Waals surface area contributed by atoms with E-state index in [1.54, 1.807) is 0 Å². The third-order valence-electron chi connectivity index (χ3n) is 4.14. The van der Waals surface area contributed by atoms with E-state index in [0.717, 1.165) is 21.9 Å². The molecule has 0 aliphatic rings. The molecule has 0 saturated heterocycles. The van der Waals surface area contributed by atoms with Crippen molar-refractivity contribution in [3.63, 3.8) is 0 Å². The lowest BCUT2D eigenvalue weighted by Crippen LogP contribution is -2.20. The van der Waals surface area contributed by atoms with Crippen LogP contribution in [0.1, 0.15) is 16.7 Å². The highest BCUT2D eigenvalue weighted by atomic mass is 35.5. The van der Waals surface area contributed by atoms with E-state index in [1.165, 1.54) is 27.5 Å². The van der Waals surface area contributed by atoms with Gasteiger partial charge in [0.05, 0.1) is 0 Å². The standard InChI is InChI=1S/C20H17Cl/c1-13-14(2)20(12-16-8-10-17(21)11-9-16)15(3)19-7-5-4-6-18(13)19/h4-11H,1,3,12H2,2H3. The summed E-state index contributed by atoms with van der Waals surface area (Å²) in [6, 6.07) is 16.3. The highest BCUT2D eigenvalue weighted by Crippen LogP contribution is 2.15. The topological polar surface area (TPSA) is 0 Å². The third kappa shape index (κ3) is 2.48. The number of hydrogen-bond acceptors (Lipinski definition) is 0. The van der Waals surface area contributed by atoms with Crippen molar-refractivity contribution in [2.45, 2.75) is 13.3 Å². The summed E-state index contributed by atoms with van der Waals surface area (Å²) < 4.78 is 0. The lowest BCUT2D eigenvalue weighted by Gasteiger charge is -2.12. The highest BCUT2D eigenvalue weighted by Gasteiger charge is 2.07. The van der Waals surface area contributed by atoms with Gasteiger partial charge in [0.25, 0.3) is 0 Å². The minimum atomic E-state index is 0.765. The molecule has 0 atom stereocenters.